The largest absolute Gasteiger partial charge is 0.493 e. The molecule has 2 nitrogen and oxygen atoms in total. The maximum absolute atomic E-state index is 12.7. The van der Waals surface area contributed by atoms with Crippen molar-refractivity contribution in [3.05, 3.63) is 29.8 Å². The van der Waals surface area contributed by atoms with E-state index in [0.29, 0.717) is 23.8 Å². The second-order valence-corrected chi connectivity index (χ2v) is 5.13. The Morgan fingerprint density at radius 3 is 2.16 bits per heavy atom. The molecule has 0 spiro atoms. The number of hydrogen-bond donors (Lipinski definition) is 1. The van der Waals surface area contributed by atoms with Gasteiger partial charge in [-0.25, -0.2) is 8.78 Å². The van der Waals surface area contributed by atoms with Crippen molar-refractivity contribution in [3.63, 3.8) is 0 Å². The third kappa shape index (κ3) is 4.78. The topological polar surface area (TPSA) is 29.5 Å². The predicted octanol–water partition coefficient (Wildman–Crippen LogP) is 4.05. The number of alkyl halides is 2. The quantitative estimate of drug-likeness (QED) is 0.811. The average molecular weight is 272 g/mol. The molecule has 1 aromatic carbocycles. The molecular formula is C15H22F2O2. The van der Waals surface area contributed by atoms with Crippen LogP contribution in [0.1, 0.15) is 38.9 Å². The third-order valence-corrected chi connectivity index (χ3v) is 3.01. The molecule has 0 aromatic heterocycles. The molecule has 1 aromatic rings. The number of ether oxygens (including phenoxy) is 1. The molecule has 0 radical (unpaired) electrons. The smallest absolute Gasteiger partial charge is 0.244 e. The summed E-state index contributed by atoms with van der Waals surface area (Å²) in [6.07, 6.45) is -3.41. The molecule has 0 bridgehead atoms. The molecule has 0 aliphatic rings. The normalized spacial score (nSPS) is 14.7. The number of rotatable bonds is 7. The average Bonchev–Trinajstić information content (AvgIpc) is 2.37. The minimum absolute atomic E-state index is 0.241. The highest BCUT2D eigenvalue weighted by molar-refractivity contribution is 5.28. The molecular weight excluding hydrogens is 250 g/mol. The number of aliphatic hydroxyl groups is 1. The molecule has 0 aliphatic heterocycles. The number of aliphatic hydroxyl groups excluding tert-OH is 1. The van der Waals surface area contributed by atoms with Crippen LogP contribution in [-0.4, -0.2) is 18.1 Å². The minimum Gasteiger partial charge on any atom is -0.493 e. The molecule has 1 rings (SSSR count). The van der Waals surface area contributed by atoms with E-state index in [1.165, 1.54) is 0 Å². The zero-order valence-electron chi connectivity index (χ0n) is 11.6. The Morgan fingerprint density at radius 2 is 1.74 bits per heavy atom. The van der Waals surface area contributed by atoms with Crippen LogP contribution in [0.5, 0.6) is 5.75 Å². The van der Waals surface area contributed by atoms with Gasteiger partial charge >= 0.3 is 0 Å². The fraction of sp³-hybridized carbons (Fsp3) is 0.600. The Morgan fingerprint density at radius 1 is 1.16 bits per heavy atom. The van der Waals surface area contributed by atoms with Crippen LogP contribution >= 0.6 is 0 Å². The molecule has 19 heavy (non-hydrogen) atoms. The van der Waals surface area contributed by atoms with Crippen LogP contribution in [0.4, 0.5) is 8.78 Å². The van der Waals surface area contributed by atoms with Gasteiger partial charge in [0.2, 0.25) is 6.43 Å². The van der Waals surface area contributed by atoms with Crippen molar-refractivity contribution in [3.8, 4) is 5.75 Å². The van der Waals surface area contributed by atoms with Gasteiger partial charge in [-0.1, -0.05) is 32.9 Å². The van der Waals surface area contributed by atoms with E-state index >= 15 is 0 Å². The SMILES string of the molecule is CCC(C(F)F)C(O)c1ccc(OCC(C)C)cc1. The molecule has 0 saturated carbocycles. The minimum atomic E-state index is -2.52. The summed E-state index contributed by atoms with van der Waals surface area (Å²) in [5.41, 5.74) is 0.504. The summed E-state index contributed by atoms with van der Waals surface area (Å²) < 4.78 is 31.0. The van der Waals surface area contributed by atoms with Crippen LogP contribution < -0.4 is 4.74 Å². The van der Waals surface area contributed by atoms with Crippen LogP contribution in [0, 0.1) is 11.8 Å². The van der Waals surface area contributed by atoms with E-state index in [-0.39, 0.29) is 6.42 Å². The summed E-state index contributed by atoms with van der Waals surface area (Å²) in [7, 11) is 0. The monoisotopic (exact) mass is 272 g/mol. The van der Waals surface area contributed by atoms with Gasteiger partial charge in [0.25, 0.3) is 0 Å². The van der Waals surface area contributed by atoms with Crippen molar-refractivity contribution in [2.75, 3.05) is 6.61 Å². The van der Waals surface area contributed by atoms with Gasteiger partial charge in [-0.2, -0.15) is 0 Å². The van der Waals surface area contributed by atoms with Gasteiger partial charge in [0, 0.05) is 5.92 Å². The van der Waals surface area contributed by atoms with Crippen molar-refractivity contribution in [2.24, 2.45) is 11.8 Å². The number of benzene rings is 1. The van der Waals surface area contributed by atoms with Gasteiger partial charge in [0.15, 0.2) is 0 Å². The lowest BCUT2D eigenvalue weighted by atomic mass is 9.94. The Kier molecular flexibility index (Phi) is 6.22. The summed E-state index contributed by atoms with van der Waals surface area (Å²) >= 11 is 0. The van der Waals surface area contributed by atoms with Crippen molar-refractivity contribution < 1.29 is 18.6 Å². The maximum atomic E-state index is 12.7. The van der Waals surface area contributed by atoms with Crippen LogP contribution in [0.2, 0.25) is 0 Å². The summed E-state index contributed by atoms with van der Waals surface area (Å²) in [6.45, 7) is 6.36. The van der Waals surface area contributed by atoms with Crippen LogP contribution in [0.15, 0.2) is 24.3 Å². The molecule has 0 fully saturated rings. The van der Waals surface area contributed by atoms with Crippen molar-refractivity contribution in [2.45, 2.75) is 39.7 Å². The van der Waals surface area contributed by atoms with Gasteiger partial charge in [0.1, 0.15) is 5.75 Å². The third-order valence-electron chi connectivity index (χ3n) is 3.01. The molecule has 0 saturated heterocycles. The molecule has 108 valence electrons. The van der Waals surface area contributed by atoms with Crippen LogP contribution in [-0.2, 0) is 0 Å². The second kappa shape index (κ2) is 7.43. The van der Waals surface area contributed by atoms with Crippen molar-refractivity contribution in [1.29, 1.82) is 0 Å². The highest BCUT2D eigenvalue weighted by Gasteiger charge is 2.27. The fourth-order valence-corrected chi connectivity index (χ4v) is 1.81. The lowest BCUT2D eigenvalue weighted by molar-refractivity contribution is -0.0110. The van der Waals surface area contributed by atoms with E-state index in [1.54, 1.807) is 31.2 Å². The van der Waals surface area contributed by atoms with Crippen LogP contribution in [0.3, 0.4) is 0 Å². The van der Waals surface area contributed by atoms with E-state index in [2.05, 4.69) is 0 Å². The molecule has 4 heteroatoms. The Bertz CT molecular complexity index is 363. The van der Waals surface area contributed by atoms with E-state index < -0.39 is 18.4 Å². The molecule has 1 N–H and O–H groups in total. The Hall–Kier alpha value is -1.16. The molecule has 0 amide bonds. The summed E-state index contributed by atoms with van der Waals surface area (Å²) in [5.74, 6) is 0.0887. The standard InChI is InChI=1S/C15H22F2O2/c1-4-13(15(16)17)14(18)11-5-7-12(8-6-11)19-9-10(2)3/h5-8,10,13-15,18H,4,9H2,1-3H3. The molecule has 2 atom stereocenters. The lowest BCUT2D eigenvalue weighted by Gasteiger charge is -2.21. The number of halogens is 2. The van der Waals surface area contributed by atoms with Gasteiger partial charge in [-0.3, -0.25) is 0 Å². The van der Waals surface area contributed by atoms with Crippen molar-refractivity contribution >= 4 is 0 Å². The first-order valence-electron chi connectivity index (χ1n) is 6.64. The van der Waals surface area contributed by atoms with Gasteiger partial charge < -0.3 is 9.84 Å². The first-order valence-corrected chi connectivity index (χ1v) is 6.64. The number of hydrogen-bond acceptors (Lipinski definition) is 2. The maximum Gasteiger partial charge on any atom is 0.244 e. The summed E-state index contributed by atoms with van der Waals surface area (Å²) in [5, 5.41) is 9.94. The lowest BCUT2D eigenvalue weighted by Crippen LogP contribution is -2.19. The predicted molar refractivity (Wildman–Crippen MR) is 71.5 cm³/mol. The Labute approximate surface area is 113 Å². The zero-order valence-corrected chi connectivity index (χ0v) is 11.6. The zero-order chi connectivity index (χ0) is 14.4. The molecule has 2 unspecified atom stereocenters. The summed E-state index contributed by atoms with van der Waals surface area (Å²) in [6, 6.07) is 6.70. The van der Waals surface area contributed by atoms with E-state index in [4.69, 9.17) is 4.74 Å². The Balaban J connectivity index is 2.69. The van der Waals surface area contributed by atoms with Gasteiger partial charge in [0.05, 0.1) is 12.7 Å². The fourth-order valence-electron chi connectivity index (χ4n) is 1.81. The first-order chi connectivity index (χ1) is 8.95. The summed E-state index contributed by atoms with van der Waals surface area (Å²) in [4.78, 5) is 0. The van der Waals surface area contributed by atoms with E-state index in [0.717, 1.165) is 0 Å². The van der Waals surface area contributed by atoms with Crippen LogP contribution in [0.25, 0.3) is 0 Å². The second-order valence-electron chi connectivity index (χ2n) is 5.13. The molecule has 0 heterocycles. The van der Waals surface area contributed by atoms with E-state index in [9.17, 15) is 13.9 Å². The van der Waals surface area contributed by atoms with Crippen molar-refractivity contribution in [1.82, 2.24) is 0 Å². The first kappa shape index (κ1) is 15.9. The highest BCUT2D eigenvalue weighted by Crippen LogP contribution is 2.30. The highest BCUT2D eigenvalue weighted by atomic mass is 19.3. The van der Waals surface area contributed by atoms with Gasteiger partial charge in [-0.05, 0) is 30.0 Å². The van der Waals surface area contributed by atoms with Gasteiger partial charge in [-0.15, -0.1) is 0 Å². The van der Waals surface area contributed by atoms with E-state index in [1.807, 2.05) is 13.8 Å². The molecule has 0 aliphatic carbocycles.